The fourth-order valence-corrected chi connectivity index (χ4v) is 2.13. The number of benzene rings is 1. The number of rotatable bonds is 5. The van der Waals surface area contributed by atoms with Crippen molar-refractivity contribution in [3.8, 4) is 5.75 Å². The van der Waals surface area contributed by atoms with Crippen LogP contribution in [0, 0.1) is 0 Å². The SMILES string of the molecule is C[C@@H](NC(=O)COc1ccc2c(c1)CCC2)C(=O)O. The molecule has 1 aliphatic carbocycles. The van der Waals surface area contributed by atoms with E-state index < -0.39 is 17.9 Å². The molecule has 1 aliphatic rings. The molecule has 5 nitrogen and oxygen atoms in total. The Morgan fingerprint density at radius 1 is 1.37 bits per heavy atom. The Morgan fingerprint density at radius 2 is 2.11 bits per heavy atom. The molecule has 0 bridgehead atoms. The first-order valence-electron chi connectivity index (χ1n) is 6.33. The van der Waals surface area contributed by atoms with E-state index in [0.717, 1.165) is 19.3 Å². The largest absolute Gasteiger partial charge is 0.484 e. The predicted octanol–water partition coefficient (Wildman–Crippen LogP) is 1.14. The fraction of sp³-hybridized carbons (Fsp3) is 0.429. The van der Waals surface area contributed by atoms with Gasteiger partial charge in [0.15, 0.2) is 6.61 Å². The summed E-state index contributed by atoms with van der Waals surface area (Å²) in [5.41, 5.74) is 2.62. The first-order valence-corrected chi connectivity index (χ1v) is 6.33. The van der Waals surface area contributed by atoms with Crippen molar-refractivity contribution in [2.45, 2.75) is 32.2 Å². The van der Waals surface area contributed by atoms with E-state index in [1.54, 1.807) is 0 Å². The highest BCUT2D eigenvalue weighted by molar-refractivity contribution is 5.84. The lowest BCUT2D eigenvalue weighted by Crippen LogP contribution is -2.40. The van der Waals surface area contributed by atoms with Gasteiger partial charge >= 0.3 is 5.97 Å². The molecule has 2 N–H and O–H groups in total. The van der Waals surface area contributed by atoms with Crippen LogP contribution in [0.5, 0.6) is 5.75 Å². The van der Waals surface area contributed by atoms with Crippen molar-refractivity contribution in [3.05, 3.63) is 29.3 Å². The Kier molecular flexibility index (Phi) is 4.04. The van der Waals surface area contributed by atoms with E-state index >= 15 is 0 Å². The van der Waals surface area contributed by atoms with Crippen molar-refractivity contribution in [2.75, 3.05) is 6.61 Å². The number of ether oxygens (including phenoxy) is 1. The van der Waals surface area contributed by atoms with Crippen molar-refractivity contribution in [2.24, 2.45) is 0 Å². The summed E-state index contributed by atoms with van der Waals surface area (Å²) >= 11 is 0. The number of carboxylic acids is 1. The van der Waals surface area contributed by atoms with Crippen molar-refractivity contribution in [3.63, 3.8) is 0 Å². The molecule has 1 aromatic rings. The number of carboxylic acid groups (broad SMARTS) is 1. The number of aryl methyl sites for hydroxylation is 2. The number of aliphatic carboxylic acids is 1. The second kappa shape index (κ2) is 5.73. The van der Waals surface area contributed by atoms with Gasteiger partial charge in [0, 0.05) is 0 Å². The molecular weight excluding hydrogens is 246 g/mol. The molecule has 0 spiro atoms. The van der Waals surface area contributed by atoms with Gasteiger partial charge in [-0.2, -0.15) is 0 Å². The summed E-state index contributed by atoms with van der Waals surface area (Å²) in [7, 11) is 0. The zero-order valence-corrected chi connectivity index (χ0v) is 10.8. The van der Waals surface area contributed by atoms with Gasteiger partial charge in [-0.15, -0.1) is 0 Å². The molecule has 0 heterocycles. The lowest BCUT2D eigenvalue weighted by atomic mass is 10.1. The second-order valence-corrected chi connectivity index (χ2v) is 4.70. The van der Waals surface area contributed by atoms with Gasteiger partial charge in [-0.1, -0.05) is 6.07 Å². The maximum absolute atomic E-state index is 11.5. The van der Waals surface area contributed by atoms with E-state index in [0.29, 0.717) is 5.75 Å². The maximum Gasteiger partial charge on any atom is 0.325 e. The molecule has 0 saturated carbocycles. The van der Waals surface area contributed by atoms with Gasteiger partial charge in [0.25, 0.3) is 5.91 Å². The highest BCUT2D eigenvalue weighted by Crippen LogP contribution is 2.25. The van der Waals surface area contributed by atoms with Gasteiger partial charge in [0.05, 0.1) is 0 Å². The number of fused-ring (bicyclic) bond motifs is 1. The molecule has 1 aromatic carbocycles. The normalized spacial score (nSPS) is 14.6. The van der Waals surface area contributed by atoms with Crippen LogP contribution in [0.2, 0.25) is 0 Å². The standard InChI is InChI=1S/C14H17NO4/c1-9(14(17)18)15-13(16)8-19-12-6-5-10-3-2-4-11(10)7-12/h5-7,9H,2-4,8H2,1H3,(H,15,16)(H,17,18)/t9-/m1/s1. The smallest absolute Gasteiger partial charge is 0.325 e. The van der Waals surface area contributed by atoms with Gasteiger partial charge < -0.3 is 15.2 Å². The highest BCUT2D eigenvalue weighted by atomic mass is 16.5. The molecule has 19 heavy (non-hydrogen) atoms. The molecule has 0 aliphatic heterocycles. The van der Waals surface area contributed by atoms with Crippen molar-refractivity contribution < 1.29 is 19.4 Å². The number of hydrogen-bond acceptors (Lipinski definition) is 3. The molecule has 0 fully saturated rings. The van der Waals surface area contributed by atoms with Crippen molar-refractivity contribution in [1.82, 2.24) is 5.32 Å². The third kappa shape index (κ3) is 3.47. The number of carbonyl (C=O) groups is 2. The quantitative estimate of drug-likeness (QED) is 0.835. The lowest BCUT2D eigenvalue weighted by Gasteiger charge is -2.11. The van der Waals surface area contributed by atoms with E-state index in [1.165, 1.54) is 18.1 Å². The number of hydrogen-bond donors (Lipinski definition) is 2. The summed E-state index contributed by atoms with van der Waals surface area (Å²) in [6.45, 7) is 1.24. The number of carbonyl (C=O) groups excluding carboxylic acids is 1. The van der Waals surface area contributed by atoms with Crippen LogP contribution in [0.25, 0.3) is 0 Å². The monoisotopic (exact) mass is 263 g/mol. The lowest BCUT2D eigenvalue weighted by molar-refractivity contribution is -0.141. The molecule has 102 valence electrons. The van der Waals surface area contributed by atoms with Gasteiger partial charge in [0.2, 0.25) is 0 Å². The molecule has 1 atom stereocenters. The minimum Gasteiger partial charge on any atom is -0.484 e. The van der Waals surface area contributed by atoms with Gasteiger partial charge in [-0.25, -0.2) is 0 Å². The van der Waals surface area contributed by atoms with E-state index in [-0.39, 0.29) is 6.61 Å². The predicted molar refractivity (Wildman–Crippen MR) is 69.2 cm³/mol. The highest BCUT2D eigenvalue weighted by Gasteiger charge is 2.15. The Bertz CT molecular complexity index is 498. The minimum absolute atomic E-state index is 0.170. The molecule has 5 heteroatoms. The molecule has 0 saturated heterocycles. The number of amides is 1. The first-order chi connectivity index (χ1) is 9.06. The van der Waals surface area contributed by atoms with Crippen molar-refractivity contribution in [1.29, 1.82) is 0 Å². The van der Waals surface area contributed by atoms with Crippen LogP contribution in [0.15, 0.2) is 18.2 Å². The Morgan fingerprint density at radius 3 is 2.84 bits per heavy atom. The minimum atomic E-state index is -1.06. The molecule has 2 rings (SSSR count). The van der Waals surface area contributed by atoms with Gasteiger partial charge in [0.1, 0.15) is 11.8 Å². The van der Waals surface area contributed by atoms with Crippen LogP contribution >= 0.6 is 0 Å². The third-order valence-electron chi connectivity index (χ3n) is 3.19. The van der Waals surface area contributed by atoms with Gasteiger partial charge in [-0.05, 0) is 49.4 Å². The fourth-order valence-electron chi connectivity index (χ4n) is 2.13. The third-order valence-corrected chi connectivity index (χ3v) is 3.19. The second-order valence-electron chi connectivity index (χ2n) is 4.70. The molecule has 0 unspecified atom stereocenters. The van der Waals surface area contributed by atoms with Gasteiger partial charge in [-0.3, -0.25) is 9.59 Å². The van der Waals surface area contributed by atoms with E-state index in [2.05, 4.69) is 5.32 Å². The Hall–Kier alpha value is -2.04. The average molecular weight is 263 g/mol. The summed E-state index contributed by atoms with van der Waals surface area (Å²) in [6.07, 6.45) is 3.32. The molecule has 1 amide bonds. The van der Waals surface area contributed by atoms with Crippen LogP contribution in [-0.2, 0) is 22.4 Å². The van der Waals surface area contributed by atoms with E-state index in [9.17, 15) is 9.59 Å². The summed E-state index contributed by atoms with van der Waals surface area (Å²) < 4.78 is 5.37. The summed E-state index contributed by atoms with van der Waals surface area (Å²) in [4.78, 5) is 22.0. The van der Waals surface area contributed by atoms with Crippen molar-refractivity contribution >= 4 is 11.9 Å². The first kappa shape index (κ1) is 13.4. The maximum atomic E-state index is 11.5. The molecular formula is C14H17NO4. The van der Waals surface area contributed by atoms with E-state index in [1.807, 2.05) is 18.2 Å². The van der Waals surface area contributed by atoms with Crippen LogP contribution in [0.3, 0.4) is 0 Å². The Balaban J connectivity index is 1.85. The van der Waals surface area contributed by atoms with Crippen LogP contribution in [-0.4, -0.2) is 29.6 Å². The van der Waals surface area contributed by atoms with Crippen LogP contribution < -0.4 is 10.1 Å². The summed E-state index contributed by atoms with van der Waals surface area (Å²) in [5.74, 6) is -0.847. The molecule has 0 aromatic heterocycles. The van der Waals surface area contributed by atoms with Crippen LogP contribution in [0.4, 0.5) is 0 Å². The number of nitrogens with one attached hydrogen (secondary N) is 1. The Labute approximate surface area is 111 Å². The summed E-state index contributed by atoms with van der Waals surface area (Å²) in [6, 6.07) is 4.92. The zero-order chi connectivity index (χ0) is 13.8. The average Bonchev–Trinajstić information content (AvgIpc) is 2.83. The zero-order valence-electron chi connectivity index (χ0n) is 10.8. The van der Waals surface area contributed by atoms with E-state index in [4.69, 9.17) is 9.84 Å². The topological polar surface area (TPSA) is 75.6 Å². The molecule has 0 radical (unpaired) electrons. The van der Waals surface area contributed by atoms with Crippen LogP contribution in [0.1, 0.15) is 24.5 Å². The summed E-state index contributed by atoms with van der Waals surface area (Å²) in [5, 5.41) is 11.0.